The summed E-state index contributed by atoms with van der Waals surface area (Å²) in [6.07, 6.45) is 1.05. The molecule has 2 heterocycles. The van der Waals surface area contributed by atoms with E-state index in [-0.39, 0.29) is 6.10 Å². The quantitative estimate of drug-likeness (QED) is 0.803. The molecule has 5 nitrogen and oxygen atoms in total. The maximum atomic E-state index is 5.77. The molecule has 1 aromatic rings. The first-order chi connectivity index (χ1) is 7.69. The van der Waals surface area contributed by atoms with E-state index in [1.54, 1.807) is 0 Å². The molecule has 1 saturated heterocycles. The Morgan fingerprint density at radius 1 is 1.56 bits per heavy atom. The van der Waals surface area contributed by atoms with Crippen molar-refractivity contribution in [2.45, 2.75) is 26.4 Å². The smallest absolute Gasteiger partial charge is 0.134 e. The highest BCUT2D eigenvalue weighted by Gasteiger charge is 2.18. The number of hydrogen-bond acceptors (Lipinski definition) is 5. The van der Waals surface area contributed by atoms with E-state index in [2.05, 4.69) is 21.8 Å². The number of rotatable bonds is 2. The van der Waals surface area contributed by atoms with Gasteiger partial charge in [0, 0.05) is 25.6 Å². The van der Waals surface area contributed by atoms with E-state index >= 15 is 0 Å². The van der Waals surface area contributed by atoms with Gasteiger partial charge in [-0.05, 0) is 6.92 Å². The molecule has 16 heavy (non-hydrogen) atoms. The summed E-state index contributed by atoms with van der Waals surface area (Å²) in [7, 11) is 0. The lowest BCUT2D eigenvalue weighted by Crippen LogP contribution is -2.41. The summed E-state index contributed by atoms with van der Waals surface area (Å²) in [5.74, 6) is 2.26. The predicted octanol–water partition coefficient (Wildman–Crippen LogP) is 0.846. The van der Waals surface area contributed by atoms with Crippen molar-refractivity contribution in [2.24, 2.45) is 0 Å². The highest BCUT2D eigenvalue weighted by Crippen LogP contribution is 2.17. The van der Waals surface area contributed by atoms with Gasteiger partial charge in [0.1, 0.15) is 17.5 Å². The van der Waals surface area contributed by atoms with E-state index in [1.807, 2.05) is 13.0 Å². The molecule has 0 radical (unpaired) electrons. The largest absolute Gasteiger partial charge is 0.384 e. The predicted molar refractivity (Wildman–Crippen MR) is 63.4 cm³/mol. The van der Waals surface area contributed by atoms with Crippen LogP contribution in [0.4, 0.5) is 11.6 Å². The molecule has 1 aromatic heterocycles. The summed E-state index contributed by atoms with van der Waals surface area (Å²) >= 11 is 0. The van der Waals surface area contributed by atoms with Gasteiger partial charge >= 0.3 is 0 Å². The molecule has 1 aliphatic heterocycles. The van der Waals surface area contributed by atoms with Gasteiger partial charge in [-0.3, -0.25) is 0 Å². The van der Waals surface area contributed by atoms with Gasteiger partial charge in [0.25, 0.3) is 0 Å². The lowest BCUT2D eigenvalue weighted by Gasteiger charge is -2.32. The summed E-state index contributed by atoms with van der Waals surface area (Å²) in [6.45, 7) is 6.56. The highest BCUT2D eigenvalue weighted by molar-refractivity contribution is 5.47. The van der Waals surface area contributed by atoms with Crippen LogP contribution in [-0.4, -0.2) is 35.8 Å². The van der Waals surface area contributed by atoms with Crippen molar-refractivity contribution in [1.82, 2.24) is 9.97 Å². The van der Waals surface area contributed by atoms with Gasteiger partial charge in [-0.15, -0.1) is 0 Å². The number of nitrogens with two attached hydrogens (primary N) is 1. The molecule has 1 fully saturated rings. The zero-order chi connectivity index (χ0) is 11.5. The van der Waals surface area contributed by atoms with Crippen LogP contribution in [0.5, 0.6) is 0 Å². The zero-order valence-electron chi connectivity index (χ0n) is 9.81. The van der Waals surface area contributed by atoms with Gasteiger partial charge in [0.2, 0.25) is 0 Å². The fourth-order valence-electron chi connectivity index (χ4n) is 1.85. The number of aromatic nitrogens is 2. The number of anilines is 2. The van der Waals surface area contributed by atoms with Crippen molar-refractivity contribution in [3.63, 3.8) is 0 Å². The van der Waals surface area contributed by atoms with Crippen LogP contribution in [0.15, 0.2) is 6.07 Å². The Kier molecular flexibility index (Phi) is 3.24. The third-order valence-electron chi connectivity index (χ3n) is 2.66. The molecule has 1 unspecified atom stereocenters. The van der Waals surface area contributed by atoms with E-state index in [4.69, 9.17) is 10.5 Å². The van der Waals surface area contributed by atoms with E-state index in [0.29, 0.717) is 5.82 Å². The second kappa shape index (κ2) is 4.65. The third-order valence-corrected chi connectivity index (χ3v) is 2.66. The van der Waals surface area contributed by atoms with Crippen molar-refractivity contribution in [3.8, 4) is 0 Å². The molecule has 88 valence electrons. The first-order valence-electron chi connectivity index (χ1n) is 5.69. The molecular weight excluding hydrogens is 204 g/mol. The molecule has 1 aliphatic rings. The zero-order valence-corrected chi connectivity index (χ0v) is 9.81. The van der Waals surface area contributed by atoms with E-state index in [1.165, 1.54) is 0 Å². The number of aryl methyl sites for hydroxylation is 1. The molecular formula is C11H18N4O. The standard InChI is InChI=1S/C11H18N4O/c1-3-10-13-9(12)6-11(14-10)15-4-5-16-8(2)7-15/h6,8H,3-5,7H2,1-2H3,(H2,12,13,14). The molecule has 0 amide bonds. The summed E-state index contributed by atoms with van der Waals surface area (Å²) in [5, 5.41) is 0. The minimum atomic E-state index is 0.245. The van der Waals surface area contributed by atoms with Crippen molar-refractivity contribution in [1.29, 1.82) is 0 Å². The number of ether oxygens (including phenoxy) is 1. The van der Waals surface area contributed by atoms with Crippen LogP contribution in [0.2, 0.25) is 0 Å². The van der Waals surface area contributed by atoms with Crippen LogP contribution in [0.3, 0.4) is 0 Å². The second-order valence-corrected chi connectivity index (χ2v) is 4.05. The average Bonchev–Trinajstić information content (AvgIpc) is 2.28. The lowest BCUT2D eigenvalue weighted by atomic mass is 10.3. The Bertz CT molecular complexity index is 369. The van der Waals surface area contributed by atoms with E-state index in [0.717, 1.165) is 37.8 Å². The first-order valence-corrected chi connectivity index (χ1v) is 5.69. The van der Waals surface area contributed by atoms with Gasteiger partial charge in [0.05, 0.1) is 12.7 Å². The normalized spacial score (nSPS) is 21.1. The second-order valence-electron chi connectivity index (χ2n) is 4.05. The molecule has 0 saturated carbocycles. The molecule has 2 N–H and O–H groups in total. The summed E-state index contributed by atoms with van der Waals surface area (Å²) in [4.78, 5) is 10.9. The Morgan fingerprint density at radius 2 is 2.38 bits per heavy atom. The van der Waals surface area contributed by atoms with Gasteiger partial charge in [-0.25, -0.2) is 9.97 Å². The molecule has 0 aliphatic carbocycles. The van der Waals surface area contributed by atoms with Gasteiger partial charge in [-0.1, -0.05) is 6.92 Å². The summed E-state index contributed by atoms with van der Waals surface area (Å²) in [6, 6.07) is 1.83. The maximum Gasteiger partial charge on any atom is 0.134 e. The fourth-order valence-corrected chi connectivity index (χ4v) is 1.85. The van der Waals surface area contributed by atoms with Crippen LogP contribution in [0.1, 0.15) is 19.7 Å². The summed E-state index contributed by atoms with van der Waals surface area (Å²) < 4.78 is 5.50. The average molecular weight is 222 g/mol. The van der Waals surface area contributed by atoms with Gasteiger partial charge in [0.15, 0.2) is 0 Å². The van der Waals surface area contributed by atoms with Gasteiger partial charge in [-0.2, -0.15) is 0 Å². The SMILES string of the molecule is CCc1nc(N)cc(N2CCOC(C)C2)n1. The maximum absolute atomic E-state index is 5.77. The molecule has 0 spiro atoms. The highest BCUT2D eigenvalue weighted by atomic mass is 16.5. The fraction of sp³-hybridized carbons (Fsp3) is 0.636. The van der Waals surface area contributed by atoms with Crippen molar-refractivity contribution in [2.75, 3.05) is 30.3 Å². The van der Waals surface area contributed by atoms with Crippen molar-refractivity contribution < 1.29 is 4.74 Å². The van der Waals surface area contributed by atoms with Crippen LogP contribution in [-0.2, 0) is 11.2 Å². The number of nitrogens with zero attached hydrogens (tertiary/aromatic N) is 3. The van der Waals surface area contributed by atoms with Crippen LogP contribution >= 0.6 is 0 Å². The minimum absolute atomic E-state index is 0.245. The topological polar surface area (TPSA) is 64.3 Å². The van der Waals surface area contributed by atoms with Crippen LogP contribution < -0.4 is 10.6 Å². The Labute approximate surface area is 95.6 Å². The van der Waals surface area contributed by atoms with Gasteiger partial charge < -0.3 is 15.4 Å². The Morgan fingerprint density at radius 3 is 3.06 bits per heavy atom. The number of morpholine rings is 1. The number of hydrogen-bond donors (Lipinski definition) is 1. The minimum Gasteiger partial charge on any atom is -0.384 e. The van der Waals surface area contributed by atoms with Crippen LogP contribution in [0, 0.1) is 0 Å². The Balaban J connectivity index is 2.21. The summed E-state index contributed by atoms with van der Waals surface area (Å²) in [5.41, 5.74) is 5.77. The first kappa shape index (κ1) is 11.1. The molecule has 0 bridgehead atoms. The monoisotopic (exact) mass is 222 g/mol. The molecule has 0 aromatic carbocycles. The number of nitrogen functional groups attached to an aromatic ring is 1. The molecule has 5 heteroatoms. The Hall–Kier alpha value is -1.36. The lowest BCUT2D eigenvalue weighted by molar-refractivity contribution is 0.0529. The van der Waals surface area contributed by atoms with E-state index < -0.39 is 0 Å². The van der Waals surface area contributed by atoms with E-state index in [9.17, 15) is 0 Å². The van der Waals surface area contributed by atoms with Crippen molar-refractivity contribution in [3.05, 3.63) is 11.9 Å². The molecule has 2 rings (SSSR count). The van der Waals surface area contributed by atoms with Crippen LogP contribution in [0.25, 0.3) is 0 Å². The van der Waals surface area contributed by atoms with Crippen molar-refractivity contribution >= 4 is 11.6 Å². The third kappa shape index (κ3) is 2.41. The molecule has 1 atom stereocenters.